The lowest BCUT2D eigenvalue weighted by Gasteiger charge is -2.26. The number of fused-ring (bicyclic) bond motifs is 4. The highest BCUT2D eigenvalue weighted by Gasteiger charge is 2.53. The molecular weight excluding hydrogens is 628 g/mol. The molecule has 2 aliphatic heterocycles. The number of nitrogen functional groups attached to an aromatic ring is 1. The topological polar surface area (TPSA) is 228 Å². The highest BCUT2D eigenvalue weighted by molar-refractivity contribution is 8.44. The van der Waals surface area contributed by atoms with Gasteiger partial charge in [-0.3, -0.25) is 32.4 Å². The normalized spacial score (nSPS) is 39.2. The number of nitrogens with one attached hydrogen (secondary N) is 2. The molecule has 22 heteroatoms. The summed E-state index contributed by atoms with van der Waals surface area (Å²) in [5.74, 6) is -0.930. The van der Waals surface area contributed by atoms with Gasteiger partial charge in [-0.2, -0.15) is 4.98 Å². The second-order valence-corrected chi connectivity index (χ2v) is 14.0. The minimum absolute atomic E-state index is 0.0181. The molecule has 0 amide bonds. The van der Waals surface area contributed by atoms with E-state index in [1.165, 1.54) is 18.6 Å². The highest BCUT2D eigenvalue weighted by atomic mass is 32.7. The van der Waals surface area contributed by atoms with Gasteiger partial charge in [0.2, 0.25) is 5.95 Å². The first-order chi connectivity index (χ1) is 19.9. The number of aromatic nitrogens is 6. The van der Waals surface area contributed by atoms with Crippen molar-refractivity contribution in [3.8, 4) is 0 Å². The van der Waals surface area contributed by atoms with E-state index in [0.717, 1.165) is 10.9 Å². The van der Waals surface area contributed by atoms with E-state index in [4.69, 9.17) is 28.6 Å². The molecule has 5 N–H and O–H groups in total. The van der Waals surface area contributed by atoms with Gasteiger partial charge in [-0.05, 0) is 12.5 Å². The Morgan fingerprint density at radius 3 is 2.74 bits per heavy atom. The first-order valence-electron chi connectivity index (χ1n) is 12.4. The monoisotopic (exact) mass is 652 g/mol. The molecule has 3 unspecified atom stereocenters. The molecule has 17 nitrogen and oxygen atoms in total. The number of nitrogens with two attached hydrogens (primary N) is 1. The molecule has 5 heterocycles. The fourth-order valence-electron chi connectivity index (χ4n) is 5.11. The maximum atomic E-state index is 15.7. The number of nitrogens with zero attached hydrogens (tertiary/aromatic N) is 5. The molecule has 3 fully saturated rings. The molecule has 10 atom stereocenters. The lowest BCUT2D eigenvalue weighted by molar-refractivity contribution is -0.0523. The lowest BCUT2D eigenvalue weighted by Crippen LogP contribution is -2.34. The molecule has 3 aromatic rings. The van der Waals surface area contributed by atoms with E-state index in [-0.39, 0.29) is 23.5 Å². The van der Waals surface area contributed by atoms with Crippen molar-refractivity contribution in [2.24, 2.45) is 5.92 Å². The van der Waals surface area contributed by atoms with E-state index in [2.05, 4.69) is 42.5 Å². The Bertz CT molecular complexity index is 1620. The fraction of sp³-hybridized carbons (Fsp3) is 0.550. The standard InChI is InChI=1S/C20H24F2N8O9P2S/c21-12-9(27-11-1-2-24-6-25-11)3-8-4-35-40(32,33)38-16-13(22)10(5-36-41(34,42)39-15(8)12)37-19(16)30-7-26-14-17(30)28-20(23)29-18(14)31/h1-2,6-10,12-13,15-16,19H,3-5H2,(H,32,33)(H,34,42)(H,24,25,27)(H3,23,28,29,31)/t8?,9-,10-,12+,13-,15-,16-,19-,41?/m1/s1. The summed E-state index contributed by atoms with van der Waals surface area (Å²) in [5, 5.41) is 2.88. The van der Waals surface area contributed by atoms with Crippen molar-refractivity contribution in [1.82, 2.24) is 29.5 Å². The zero-order valence-corrected chi connectivity index (χ0v) is 23.9. The molecule has 228 valence electrons. The van der Waals surface area contributed by atoms with Crippen LogP contribution in [0, 0.1) is 5.92 Å². The number of anilines is 2. The Morgan fingerprint density at radius 1 is 1.17 bits per heavy atom. The number of halogens is 2. The molecule has 42 heavy (non-hydrogen) atoms. The van der Waals surface area contributed by atoms with Gasteiger partial charge in [0.05, 0.1) is 25.6 Å². The van der Waals surface area contributed by atoms with Crippen molar-refractivity contribution in [2.75, 3.05) is 24.3 Å². The number of hydrogen-bond donors (Lipinski definition) is 5. The van der Waals surface area contributed by atoms with Crippen LogP contribution in [-0.4, -0.2) is 84.3 Å². The Kier molecular flexibility index (Phi) is 7.86. The SMILES string of the molecule is Nc1nc2c(ncn2[C@@H]2O[C@@H]3COP(=O)(S)O[C@@H]4C(COP(=O)(O)O[C@@H]2[C@@H]3F)C[C@@H](Nc2ccncn2)[C@@H]4F)c(=O)[nH]1. The van der Waals surface area contributed by atoms with E-state index in [0.29, 0.717) is 5.82 Å². The van der Waals surface area contributed by atoms with Gasteiger partial charge in [-0.15, -0.1) is 0 Å². The molecule has 1 saturated carbocycles. The first-order valence-corrected chi connectivity index (χ1v) is 16.6. The number of hydrogen-bond acceptors (Lipinski definition) is 14. The molecule has 3 aromatic heterocycles. The van der Waals surface area contributed by atoms with Gasteiger partial charge in [-0.1, -0.05) is 12.2 Å². The predicted octanol–water partition coefficient (Wildman–Crippen LogP) is 1.52. The predicted molar refractivity (Wildman–Crippen MR) is 142 cm³/mol. The van der Waals surface area contributed by atoms with Crippen molar-refractivity contribution >= 4 is 49.8 Å². The molecule has 0 spiro atoms. The van der Waals surface area contributed by atoms with Crippen LogP contribution in [0.2, 0.25) is 0 Å². The van der Waals surface area contributed by atoms with E-state index in [9.17, 15) is 18.8 Å². The first kappa shape index (κ1) is 29.5. The number of imidazole rings is 1. The maximum Gasteiger partial charge on any atom is 0.472 e. The average Bonchev–Trinajstić information content (AvgIpc) is 3.57. The van der Waals surface area contributed by atoms with Crippen LogP contribution in [0.25, 0.3) is 11.2 Å². The number of aromatic amines is 1. The zero-order valence-electron chi connectivity index (χ0n) is 21.2. The van der Waals surface area contributed by atoms with Crippen molar-refractivity contribution in [2.45, 2.75) is 49.3 Å². The Hall–Kier alpha value is -2.54. The van der Waals surface area contributed by atoms with Gasteiger partial charge < -0.3 is 20.7 Å². The summed E-state index contributed by atoms with van der Waals surface area (Å²) >= 11 is 3.94. The summed E-state index contributed by atoms with van der Waals surface area (Å²) in [6.45, 7) is -5.72. The molecule has 3 aliphatic rings. The number of thiol groups is 1. The molecule has 6 rings (SSSR count). The second kappa shape index (κ2) is 11.2. The fourth-order valence-corrected chi connectivity index (χ4v) is 7.60. The van der Waals surface area contributed by atoms with Crippen LogP contribution in [0.1, 0.15) is 12.6 Å². The number of ether oxygens (including phenoxy) is 1. The van der Waals surface area contributed by atoms with Crippen LogP contribution in [0.3, 0.4) is 0 Å². The summed E-state index contributed by atoms with van der Waals surface area (Å²) in [4.78, 5) is 40.8. The molecule has 1 aliphatic carbocycles. The average molecular weight is 652 g/mol. The van der Waals surface area contributed by atoms with Crippen LogP contribution >= 0.6 is 26.9 Å². The van der Waals surface area contributed by atoms with Crippen molar-refractivity contribution < 1.29 is 45.6 Å². The van der Waals surface area contributed by atoms with E-state index < -0.39 is 82.2 Å². The van der Waals surface area contributed by atoms with Crippen LogP contribution in [-0.2, 0) is 32.0 Å². The third-order valence-corrected chi connectivity index (χ3v) is 9.59. The maximum absolute atomic E-state index is 15.7. The summed E-state index contributed by atoms with van der Waals surface area (Å²) in [6.07, 6.45) is -6.62. The van der Waals surface area contributed by atoms with Crippen LogP contribution < -0.4 is 16.6 Å². The lowest BCUT2D eigenvalue weighted by atomic mass is 10.1. The Morgan fingerprint density at radius 2 is 1.98 bits per heavy atom. The van der Waals surface area contributed by atoms with Gasteiger partial charge in [0.15, 0.2) is 23.6 Å². The molecule has 0 aromatic carbocycles. The molecule has 2 bridgehead atoms. The van der Waals surface area contributed by atoms with Crippen LogP contribution in [0.4, 0.5) is 20.5 Å². The summed E-state index contributed by atoms with van der Waals surface area (Å²) in [7, 11) is -5.06. The van der Waals surface area contributed by atoms with E-state index >= 15 is 8.78 Å². The quantitative estimate of drug-likeness (QED) is 0.200. The molecule has 2 saturated heterocycles. The van der Waals surface area contributed by atoms with E-state index in [1.54, 1.807) is 0 Å². The van der Waals surface area contributed by atoms with Gasteiger partial charge in [0.25, 0.3) is 5.56 Å². The minimum atomic E-state index is -5.06. The van der Waals surface area contributed by atoms with Gasteiger partial charge in [-0.25, -0.2) is 32.9 Å². The number of alkyl halides is 2. The Labute approximate surface area is 239 Å². The van der Waals surface area contributed by atoms with E-state index in [1.807, 2.05) is 0 Å². The zero-order chi connectivity index (χ0) is 29.8. The van der Waals surface area contributed by atoms with Gasteiger partial charge in [0, 0.05) is 12.1 Å². The third kappa shape index (κ3) is 5.82. The summed E-state index contributed by atoms with van der Waals surface area (Å²) in [6, 6.07) is 0.569. The van der Waals surface area contributed by atoms with Crippen molar-refractivity contribution in [1.29, 1.82) is 0 Å². The minimum Gasteiger partial charge on any atom is -0.369 e. The summed E-state index contributed by atoms with van der Waals surface area (Å²) < 4.78 is 85.4. The summed E-state index contributed by atoms with van der Waals surface area (Å²) in [5.41, 5.74) is 4.63. The molecular formula is C20H24F2N8O9P2S. The number of phosphoric ester groups is 1. The largest absolute Gasteiger partial charge is 0.472 e. The number of rotatable bonds is 3. The smallest absolute Gasteiger partial charge is 0.369 e. The van der Waals surface area contributed by atoms with Gasteiger partial charge >= 0.3 is 14.6 Å². The van der Waals surface area contributed by atoms with Crippen LogP contribution in [0.5, 0.6) is 0 Å². The third-order valence-electron chi connectivity index (χ3n) is 6.99. The Balaban J connectivity index is 1.29. The highest BCUT2D eigenvalue weighted by Crippen LogP contribution is 2.58. The second-order valence-electron chi connectivity index (χ2n) is 9.74. The number of H-pyrrole nitrogens is 1. The van der Waals surface area contributed by atoms with Crippen molar-refractivity contribution in [3.05, 3.63) is 35.3 Å². The molecule has 0 radical (unpaired) electrons. The van der Waals surface area contributed by atoms with Crippen molar-refractivity contribution in [3.63, 3.8) is 0 Å². The van der Waals surface area contributed by atoms with Gasteiger partial charge in [0.1, 0.15) is 36.6 Å². The van der Waals surface area contributed by atoms with Crippen LogP contribution in [0.15, 0.2) is 29.7 Å². The number of phosphoric acid groups is 1.